The van der Waals surface area contributed by atoms with Crippen LogP contribution in [0.2, 0.25) is 0 Å². The molecule has 7 aliphatic carbocycles. The van der Waals surface area contributed by atoms with Gasteiger partial charge in [0.05, 0.1) is 35.6 Å². The number of Topliss-reactive ketones (excluding diaryl/α,β-unsaturated/α-hetero) is 3. The van der Waals surface area contributed by atoms with Crippen LogP contribution in [0, 0.1) is 62.1 Å². The Kier molecular flexibility index (Phi) is 8.19. The molecule has 12 heteroatoms. The lowest BCUT2D eigenvalue weighted by molar-refractivity contribution is -0.527. The topological polar surface area (TPSA) is 156 Å². The molecule has 12 nitrogen and oxygen atoms in total. The number of rotatable bonds is 4. The number of aliphatic hydroxyl groups excluding tert-OH is 2. The van der Waals surface area contributed by atoms with Crippen LogP contribution in [0.1, 0.15) is 127 Å². The first-order chi connectivity index (χ1) is 28.7. The minimum absolute atomic E-state index is 0.0366. The highest BCUT2D eigenvalue weighted by molar-refractivity contribution is 6.05. The van der Waals surface area contributed by atoms with Crippen LogP contribution in [-0.4, -0.2) is 94.9 Å². The number of carbonyl (C=O) groups excluding carboxylic acids is 3. The average Bonchev–Trinajstić information content (AvgIpc) is 3.43. The lowest BCUT2D eigenvalue weighted by Crippen LogP contribution is -2.87. The summed E-state index contributed by atoms with van der Waals surface area (Å²) in [4.78, 5) is 45.6. The standard InChI is InChI=1S/C50H68O12/c1-25-27-14-13-18-45(21-27,33(25)51)49(61-42(7,8)56-12)35(53)31-41(5,6)22-46(39(55)44(31,11)23-57-49)19-17-28-20-40(3,4)32-36(54)50-48-30(47(32,24-58-50)37(28)60-46)16-15-29(26(2)34(48)52)38(48)59-43(9,10)62-50/h27,29-32,35-36,38,53-54H,1-2,13-24H2,3-12H3/t27-,29+,30+,31-,32-,35+,36+,38-,44-,45-,46-,47+,48?,49?,50?/m1/s1. The number of ether oxygens (including phenoxy) is 7. The zero-order valence-corrected chi connectivity index (χ0v) is 38.5. The van der Waals surface area contributed by atoms with Crippen molar-refractivity contribution in [2.45, 2.75) is 174 Å². The van der Waals surface area contributed by atoms with Crippen molar-refractivity contribution in [1.82, 2.24) is 0 Å². The molecule has 0 aromatic heterocycles. The molecule has 5 aliphatic heterocycles. The second-order valence-electron chi connectivity index (χ2n) is 24.3. The van der Waals surface area contributed by atoms with Crippen molar-refractivity contribution in [1.29, 1.82) is 0 Å². The first-order valence-corrected chi connectivity index (χ1v) is 23.4. The van der Waals surface area contributed by atoms with Crippen molar-refractivity contribution in [2.24, 2.45) is 62.1 Å². The van der Waals surface area contributed by atoms with Gasteiger partial charge in [0.25, 0.3) is 0 Å². The molecule has 62 heavy (non-hydrogen) atoms. The molecule has 10 fully saturated rings. The summed E-state index contributed by atoms with van der Waals surface area (Å²) in [5.74, 6) is -7.40. The maximum Gasteiger partial charge on any atom is 0.213 e. The molecular weight excluding hydrogens is 793 g/mol. The molecule has 0 aromatic rings. The lowest BCUT2D eigenvalue weighted by Gasteiger charge is -2.77. The number of hydrogen-bond donors (Lipinski definition) is 2. The van der Waals surface area contributed by atoms with Gasteiger partial charge in [0.15, 0.2) is 34.5 Å². The lowest BCUT2D eigenvalue weighted by atomic mass is 9.36. The molecule has 6 saturated carbocycles. The first-order valence-electron chi connectivity index (χ1n) is 23.4. The number of fused-ring (bicyclic) bond motifs is 4. The Morgan fingerprint density at radius 2 is 1.56 bits per heavy atom. The van der Waals surface area contributed by atoms with Crippen molar-refractivity contribution in [3.8, 4) is 0 Å². The summed E-state index contributed by atoms with van der Waals surface area (Å²) in [6, 6.07) is 0. The Bertz CT molecular complexity index is 2170. The smallest absolute Gasteiger partial charge is 0.213 e. The van der Waals surface area contributed by atoms with E-state index in [1.54, 1.807) is 13.8 Å². The minimum Gasteiger partial charge on any atom is -0.483 e. The van der Waals surface area contributed by atoms with Gasteiger partial charge in [-0.25, -0.2) is 0 Å². The summed E-state index contributed by atoms with van der Waals surface area (Å²) >= 11 is 0. The molecule has 0 radical (unpaired) electrons. The zero-order valence-electron chi connectivity index (χ0n) is 38.5. The molecule has 340 valence electrons. The Labute approximate surface area is 365 Å². The van der Waals surface area contributed by atoms with Crippen LogP contribution in [0.4, 0.5) is 0 Å². The third-order valence-corrected chi connectivity index (χ3v) is 19.4. The predicted molar refractivity (Wildman–Crippen MR) is 222 cm³/mol. The summed E-state index contributed by atoms with van der Waals surface area (Å²) in [5.41, 5.74) is -5.20. The number of ketones is 3. The molecule has 4 spiro atoms. The van der Waals surface area contributed by atoms with Gasteiger partial charge in [-0.05, 0) is 132 Å². The monoisotopic (exact) mass is 860 g/mol. The molecule has 2 N–H and O–H groups in total. The van der Waals surface area contributed by atoms with Crippen LogP contribution >= 0.6 is 0 Å². The molecule has 6 bridgehead atoms. The van der Waals surface area contributed by atoms with E-state index < -0.39 is 91.4 Å². The fourth-order valence-corrected chi connectivity index (χ4v) is 17.7. The van der Waals surface area contributed by atoms with E-state index in [-0.39, 0.29) is 54.7 Å². The Morgan fingerprint density at radius 3 is 2.27 bits per heavy atom. The van der Waals surface area contributed by atoms with E-state index in [9.17, 15) is 15.0 Å². The summed E-state index contributed by atoms with van der Waals surface area (Å²) in [6.07, 6.45) is 2.57. The molecule has 5 heterocycles. The third kappa shape index (κ3) is 4.43. The van der Waals surface area contributed by atoms with Crippen molar-refractivity contribution in [3.05, 3.63) is 35.6 Å². The average molecular weight is 861 g/mol. The van der Waals surface area contributed by atoms with Gasteiger partial charge in [0, 0.05) is 24.9 Å². The highest BCUT2D eigenvalue weighted by Crippen LogP contribution is 2.81. The van der Waals surface area contributed by atoms with E-state index in [4.69, 9.17) is 33.2 Å². The van der Waals surface area contributed by atoms with Gasteiger partial charge in [0.2, 0.25) is 11.6 Å². The second kappa shape index (κ2) is 12.0. The summed E-state index contributed by atoms with van der Waals surface area (Å²) in [7, 11) is 1.53. The maximum absolute atomic E-state index is 16.0. The van der Waals surface area contributed by atoms with Crippen molar-refractivity contribution in [2.75, 3.05) is 20.3 Å². The normalized spacial score (nSPS) is 52.7. The summed E-state index contributed by atoms with van der Waals surface area (Å²) in [5, 5.41) is 26.3. The third-order valence-electron chi connectivity index (χ3n) is 19.4. The number of hydrogen-bond acceptors (Lipinski definition) is 12. The second-order valence-corrected chi connectivity index (χ2v) is 24.3. The highest BCUT2D eigenvalue weighted by atomic mass is 16.8. The quantitative estimate of drug-likeness (QED) is 0.230. The Balaban J connectivity index is 1.03. The predicted octanol–water partition coefficient (Wildman–Crippen LogP) is 6.65. The molecule has 15 atom stereocenters. The van der Waals surface area contributed by atoms with Crippen LogP contribution in [0.3, 0.4) is 0 Å². The largest absolute Gasteiger partial charge is 0.483 e. The molecule has 4 saturated heterocycles. The van der Waals surface area contributed by atoms with Gasteiger partial charge in [0.1, 0.15) is 23.4 Å². The van der Waals surface area contributed by atoms with Crippen LogP contribution in [-0.2, 0) is 47.5 Å². The summed E-state index contributed by atoms with van der Waals surface area (Å²) < 4.78 is 48.0. The van der Waals surface area contributed by atoms with Gasteiger partial charge < -0.3 is 43.4 Å². The summed E-state index contributed by atoms with van der Waals surface area (Å²) in [6.45, 7) is 26.3. The zero-order chi connectivity index (χ0) is 44.6. The van der Waals surface area contributed by atoms with Crippen LogP contribution in [0.25, 0.3) is 0 Å². The van der Waals surface area contributed by atoms with Crippen molar-refractivity contribution >= 4 is 17.3 Å². The van der Waals surface area contributed by atoms with Gasteiger partial charge in [-0.2, -0.15) is 0 Å². The maximum atomic E-state index is 16.0. The van der Waals surface area contributed by atoms with Crippen LogP contribution in [0.5, 0.6) is 0 Å². The molecular formula is C50H68O12. The van der Waals surface area contributed by atoms with Crippen LogP contribution < -0.4 is 0 Å². The fourth-order valence-electron chi connectivity index (χ4n) is 17.7. The number of aliphatic hydroxyl groups is 2. The van der Waals surface area contributed by atoms with Gasteiger partial charge >= 0.3 is 0 Å². The molecule has 0 aromatic carbocycles. The van der Waals surface area contributed by atoms with E-state index in [0.29, 0.717) is 61.9 Å². The Morgan fingerprint density at radius 1 is 0.839 bits per heavy atom. The first kappa shape index (κ1) is 42.4. The van der Waals surface area contributed by atoms with E-state index in [1.165, 1.54) is 7.11 Å². The Hall–Kier alpha value is -2.29. The molecule has 0 amide bonds. The molecule has 3 unspecified atom stereocenters. The number of methoxy groups -OCH3 is 1. The number of carbonyl (C=O) groups is 3. The van der Waals surface area contributed by atoms with E-state index in [1.807, 2.05) is 20.8 Å². The van der Waals surface area contributed by atoms with Crippen molar-refractivity contribution < 1.29 is 57.8 Å². The van der Waals surface area contributed by atoms with Crippen LogP contribution in [0.15, 0.2) is 35.6 Å². The van der Waals surface area contributed by atoms with E-state index >= 15 is 9.59 Å². The van der Waals surface area contributed by atoms with Crippen molar-refractivity contribution in [3.63, 3.8) is 0 Å². The highest BCUT2D eigenvalue weighted by Gasteiger charge is 2.91. The molecule has 12 rings (SSSR count). The SMILES string of the molecule is C=C1C(=O)[C@@]2(C3(OC(C)(C)OC)OC[C@@]4(C)C(=O)[C@@]5(CCC6=C(O5)[C@@]57COC8(OC(C)(C)O[C@@H]9[C@H]%10CC[C@@H]5C98C(=O)C%10=C)[C@@H](O)[C@@H]7C(C)(C)C6)CC(C)(C)[C@H]4[C@@H]3O)CCC[C@@H]1C2. The fraction of sp³-hybridized carbons (Fsp3) is 0.820. The van der Waals surface area contributed by atoms with E-state index in [2.05, 4.69) is 40.9 Å². The van der Waals surface area contributed by atoms with Gasteiger partial charge in [-0.1, -0.05) is 47.3 Å². The van der Waals surface area contributed by atoms with E-state index in [0.717, 1.165) is 18.4 Å². The number of allylic oxidation sites excluding steroid dienone is 2. The molecule has 12 aliphatic rings. The van der Waals surface area contributed by atoms with Gasteiger partial charge in [-0.15, -0.1) is 0 Å². The minimum atomic E-state index is -1.81. The van der Waals surface area contributed by atoms with Gasteiger partial charge in [-0.3, -0.25) is 14.4 Å².